The zero-order chi connectivity index (χ0) is 21.1. The van der Waals surface area contributed by atoms with E-state index in [0.29, 0.717) is 16.9 Å². The summed E-state index contributed by atoms with van der Waals surface area (Å²) in [6.45, 7) is 3.81. The molecule has 0 spiro atoms. The second-order valence-electron chi connectivity index (χ2n) is 5.82. The molecule has 1 unspecified atom stereocenters. The van der Waals surface area contributed by atoms with Gasteiger partial charge in [-0.05, 0) is 17.7 Å². The molecule has 1 aliphatic heterocycles. The first-order valence-corrected chi connectivity index (χ1v) is 8.88. The minimum Gasteiger partial charge on any atom is -0.486 e. The number of aliphatic imine (C=N–C) groups is 1. The molecule has 0 saturated heterocycles. The predicted octanol–water partition coefficient (Wildman–Crippen LogP) is 2.93. The zero-order valence-corrected chi connectivity index (χ0v) is 16.3. The van der Waals surface area contributed by atoms with Gasteiger partial charge in [-0.15, -0.1) is 0 Å². The van der Waals surface area contributed by atoms with E-state index < -0.39 is 6.04 Å². The first kappa shape index (κ1) is 20.1. The van der Waals surface area contributed by atoms with Crippen LogP contribution in [0.15, 0.2) is 29.8 Å². The Morgan fingerprint density at radius 2 is 2.00 bits per heavy atom. The van der Waals surface area contributed by atoms with Crippen molar-refractivity contribution in [2.45, 2.75) is 6.04 Å². The van der Waals surface area contributed by atoms with Gasteiger partial charge in [-0.3, -0.25) is 5.32 Å². The fraction of sp³-hybridized carbons (Fsp3) is 0.111. The lowest BCUT2D eigenvalue weighted by atomic mass is 9.95. The van der Waals surface area contributed by atoms with E-state index in [2.05, 4.69) is 27.2 Å². The summed E-state index contributed by atoms with van der Waals surface area (Å²) in [7, 11) is 0. The molecule has 9 nitrogen and oxygen atoms in total. The van der Waals surface area contributed by atoms with Crippen LogP contribution in [0.3, 0.4) is 0 Å². The Balaban J connectivity index is 2.20. The standard InChI is InChI=1S/C18H14Cl2N8O/c1-2-3-29-15-10(19)4-8(5-11(15)20)14-12-13(23)9(6-21)16(24)27-17(12)28-18(26-14)25-7-22/h2,4-5,14H,1,3H2,(H6,23,24,25,26,27,28). The van der Waals surface area contributed by atoms with Crippen molar-refractivity contribution in [1.29, 1.82) is 10.5 Å². The largest absolute Gasteiger partial charge is 0.486 e. The summed E-state index contributed by atoms with van der Waals surface area (Å²) in [6.07, 6.45) is 3.34. The van der Waals surface area contributed by atoms with Gasteiger partial charge >= 0.3 is 0 Å². The molecule has 0 aliphatic carbocycles. The minimum absolute atomic E-state index is 0.0329. The van der Waals surface area contributed by atoms with E-state index in [9.17, 15) is 5.26 Å². The number of rotatable bonds is 4. The topological polar surface area (TPSA) is 158 Å². The molecule has 2 heterocycles. The summed E-state index contributed by atoms with van der Waals surface area (Å²) in [5.41, 5.74) is 13.1. The van der Waals surface area contributed by atoms with Crippen molar-refractivity contribution in [3.63, 3.8) is 0 Å². The number of ether oxygens (including phenoxy) is 1. The SMILES string of the molecule is C=CCOc1c(Cl)cc(C2N=C(NC#N)Nc3nc(N)c(C#N)c(N)c32)cc1Cl. The van der Waals surface area contributed by atoms with Crippen LogP contribution in [0.1, 0.15) is 22.7 Å². The number of nitriles is 2. The Hall–Kier alpha value is -3.66. The third kappa shape index (κ3) is 3.69. The van der Waals surface area contributed by atoms with E-state index in [4.69, 9.17) is 44.7 Å². The van der Waals surface area contributed by atoms with Crippen molar-refractivity contribution in [2.75, 3.05) is 23.4 Å². The van der Waals surface area contributed by atoms with Gasteiger partial charge in [-0.25, -0.2) is 9.98 Å². The highest BCUT2D eigenvalue weighted by molar-refractivity contribution is 6.37. The molecule has 0 radical (unpaired) electrons. The van der Waals surface area contributed by atoms with Gasteiger partial charge in [0.05, 0.1) is 15.7 Å². The molecule has 3 rings (SSSR count). The molecule has 1 aliphatic rings. The van der Waals surface area contributed by atoms with Crippen LogP contribution >= 0.6 is 23.2 Å². The van der Waals surface area contributed by atoms with Crippen molar-refractivity contribution in [3.8, 4) is 18.0 Å². The molecule has 11 heteroatoms. The molecule has 0 fully saturated rings. The maximum absolute atomic E-state index is 9.37. The number of fused-ring (bicyclic) bond motifs is 1. The smallest absolute Gasteiger partial charge is 0.211 e. The molecule has 6 N–H and O–H groups in total. The second-order valence-corrected chi connectivity index (χ2v) is 6.63. The van der Waals surface area contributed by atoms with Crippen molar-refractivity contribution >= 4 is 46.5 Å². The van der Waals surface area contributed by atoms with Gasteiger partial charge in [0.2, 0.25) is 5.96 Å². The van der Waals surface area contributed by atoms with E-state index in [-0.39, 0.29) is 45.5 Å². The summed E-state index contributed by atoms with van der Waals surface area (Å²) in [6, 6.07) is 4.40. The summed E-state index contributed by atoms with van der Waals surface area (Å²) in [4.78, 5) is 8.64. The number of nitrogens with one attached hydrogen (secondary N) is 2. The average molecular weight is 429 g/mol. The molecule has 0 bridgehead atoms. The maximum Gasteiger partial charge on any atom is 0.211 e. The van der Waals surface area contributed by atoms with Crippen LogP contribution in [0.5, 0.6) is 5.75 Å². The van der Waals surface area contributed by atoms with Gasteiger partial charge in [-0.2, -0.15) is 10.5 Å². The van der Waals surface area contributed by atoms with Crippen molar-refractivity contribution in [1.82, 2.24) is 10.3 Å². The Kier molecular flexibility index (Phi) is 5.64. The summed E-state index contributed by atoms with van der Waals surface area (Å²) >= 11 is 12.7. The summed E-state index contributed by atoms with van der Waals surface area (Å²) in [5.74, 6) is 0.639. The number of anilines is 3. The average Bonchev–Trinajstić information content (AvgIpc) is 2.67. The molecule has 0 saturated carbocycles. The van der Waals surface area contributed by atoms with E-state index in [1.165, 1.54) is 0 Å². The summed E-state index contributed by atoms with van der Waals surface area (Å²) in [5, 5.41) is 24.1. The molecule has 146 valence electrons. The fourth-order valence-corrected chi connectivity index (χ4v) is 3.45. The van der Waals surface area contributed by atoms with Crippen molar-refractivity contribution in [2.24, 2.45) is 4.99 Å². The van der Waals surface area contributed by atoms with E-state index in [0.717, 1.165) is 0 Å². The van der Waals surface area contributed by atoms with Crippen molar-refractivity contribution < 1.29 is 4.74 Å². The molecule has 1 aromatic heterocycles. The number of nitrogens with two attached hydrogens (primary N) is 2. The van der Waals surface area contributed by atoms with Gasteiger partial charge in [0.15, 0.2) is 11.9 Å². The van der Waals surface area contributed by atoms with Gasteiger partial charge in [0.25, 0.3) is 0 Å². The van der Waals surface area contributed by atoms with Gasteiger partial charge in [0, 0.05) is 5.56 Å². The van der Waals surface area contributed by atoms with Crippen LogP contribution in [0.2, 0.25) is 10.0 Å². The highest BCUT2D eigenvalue weighted by atomic mass is 35.5. The molecular formula is C18H14Cl2N8O. The van der Waals surface area contributed by atoms with Crippen LogP contribution in [-0.2, 0) is 0 Å². The second kappa shape index (κ2) is 8.15. The highest BCUT2D eigenvalue weighted by Crippen LogP contribution is 2.43. The van der Waals surface area contributed by atoms with E-state index in [1.807, 2.05) is 6.07 Å². The molecular weight excluding hydrogens is 415 g/mol. The van der Waals surface area contributed by atoms with Gasteiger partial charge < -0.3 is 21.5 Å². The monoisotopic (exact) mass is 428 g/mol. The quantitative estimate of drug-likeness (QED) is 0.328. The number of guanidine groups is 1. The lowest BCUT2D eigenvalue weighted by Crippen LogP contribution is -2.32. The molecule has 1 atom stereocenters. The number of hydrogen-bond donors (Lipinski definition) is 4. The van der Waals surface area contributed by atoms with Crippen LogP contribution in [0, 0.1) is 22.8 Å². The van der Waals surface area contributed by atoms with Gasteiger partial charge in [-0.1, -0.05) is 35.9 Å². The Bertz CT molecular complexity index is 1090. The molecule has 29 heavy (non-hydrogen) atoms. The first-order valence-electron chi connectivity index (χ1n) is 8.12. The fourth-order valence-electron chi connectivity index (χ4n) is 2.84. The Labute approximate surface area is 176 Å². The van der Waals surface area contributed by atoms with Crippen LogP contribution in [0.4, 0.5) is 17.3 Å². The third-order valence-electron chi connectivity index (χ3n) is 4.04. The number of nitrogens with zero attached hydrogens (tertiary/aromatic N) is 4. The van der Waals surface area contributed by atoms with Crippen LogP contribution in [0.25, 0.3) is 0 Å². The van der Waals surface area contributed by atoms with Crippen molar-refractivity contribution in [3.05, 3.63) is 51.5 Å². The molecule has 0 amide bonds. The lowest BCUT2D eigenvalue weighted by Gasteiger charge is -2.26. The number of aromatic nitrogens is 1. The van der Waals surface area contributed by atoms with E-state index >= 15 is 0 Å². The zero-order valence-electron chi connectivity index (χ0n) is 14.8. The highest BCUT2D eigenvalue weighted by Gasteiger charge is 2.30. The third-order valence-corrected chi connectivity index (χ3v) is 4.60. The predicted molar refractivity (Wildman–Crippen MR) is 112 cm³/mol. The summed E-state index contributed by atoms with van der Waals surface area (Å²) < 4.78 is 5.48. The Morgan fingerprint density at radius 1 is 1.31 bits per heavy atom. The number of pyridine rings is 1. The number of benzene rings is 1. The first-order chi connectivity index (χ1) is 13.9. The number of halogens is 2. The van der Waals surface area contributed by atoms with Crippen LogP contribution in [-0.4, -0.2) is 17.6 Å². The molecule has 2 aromatic rings. The van der Waals surface area contributed by atoms with Crippen LogP contribution < -0.4 is 26.8 Å². The lowest BCUT2D eigenvalue weighted by molar-refractivity contribution is 0.363. The Morgan fingerprint density at radius 3 is 2.59 bits per heavy atom. The number of nitrogen functional groups attached to an aromatic ring is 2. The number of hydrogen-bond acceptors (Lipinski definition) is 9. The minimum atomic E-state index is -0.759. The molecule has 1 aromatic carbocycles. The van der Waals surface area contributed by atoms with Gasteiger partial charge in [0.1, 0.15) is 35.9 Å². The van der Waals surface area contributed by atoms with E-state index in [1.54, 1.807) is 24.4 Å². The normalized spacial score (nSPS) is 14.5. The maximum atomic E-state index is 9.37.